The van der Waals surface area contributed by atoms with Gasteiger partial charge in [0.25, 0.3) is 0 Å². The van der Waals surface area contributed by atoms with Gasteiger partial charge in [0.2, 0.25) is 5.91 Å². The molecule has 0 spiro atoms. The van der Waals surface area contributed by atoms with Gasteiger partial charge in [0.15, 0.2) is 0 Å². The largest absolute Gasteiger partial charge is 0.388 e. The van der Waals surface area contributed by atoms with Crippen molar-refractivity contribution in [2.75, 3.05) is 0 Å². The molecule has 1 atom stereocenters. The molecule has 2 rings (SSSR count). The highest BCUT2D eigenvalue weighted by Gasteiger charge is 2.13. The fraction of sp³-hybridized carbons (Fsp3) is 0.333. The van der Waals surface area contributed by atoms with Crippen LogP contribution in [0.5, 0.6) is 0 Å². The molecule has 1 unspecified atom stereocenters. The minimum atomic E-state index is -0.836. The summed E-state index contributed by atoms with van der Waals surface area (Å²) in [7, 11) is 1.85. The maximum absolute atomic E-state index is 11.9. The second-order valence-electron chi connectivity index (χ2n) is 4.93. The van der Waals surface area contributed by atoms with Crippen molar-refractivity contribution in [2.24, 2.45) is 7.05 Å². The number of halogens is 1. The van der Waals surface area contributed by atoms with E-state index in [-0.39, 0.29) is 12.3 Å². The van der Waals surface area contributed by atoms with Crippen LogP contribution in [0.1, 0.15) is 29.3 Å². The molecule has 1 heterocycles. The van der Waals surface area contributed by atoms with Crippen LogP contribution in [-0.2, 0) is 18.4 Å². The third kappa shape index (κ3) is 4.06. The minimum Gasteiger partial charge on any atom is -0.388 e. The molecule has 1 amide bonds. The lowest BCUT2D eigenvalue weighted by atomic mass is 10.1. The van der Waals surface area contributed by atoms with E-state index in [1.54, 1.807) is 35.1 Å². The lowest BCUT2D eigenvalue weighted by molar-refractivity contribution is -0.123. The van der Waals surface area contributed by atoms with Crippen molar-refractivity contribution in [3.8, 4) is 0 Å². The van der Waals surface area contributed by atoms with Gasteiger partial charge in [-0.2, -0.15) is 5.10 Å². The number of carbonyl (C=O) groups excluding carboxylic acids is 1. The third-order valence-corrected chi connectivity index (χ3v) is 3.70. The lowest BCUT2D eigenvalue weighted by Gasteiger charge is -2.11. The maximum atomic E-state index is 11.9. The molecule has 2 aromatic rings. The fourth-order valence-corrected chi connectivity index (χ4v) is 2.09. The van der Waals surface area contributed by atoms with Gasteiger partial charge in [-0.1, -0.05) is 23.7 Å². The van der Waals surface area contributed by atoms with Crippen LogP contribution < -0.4 is 5.32 Å². The summed E-state index contributed by atoms with van der Waals surface area (Å²) < 4.78 is 1.75. The summed E-state index contributed by atoms with van der Waals surface area (Å²) in [5.74, 6) is -0.208. The highest BCUT2D eigenvalue weighted by Crippen LogP contribution is 2.19. The predicted octanol–water partition coefficient (Wildman–Crippen LogP) is 2.12. The fourth-order valence-electron chi connectivity index (χ4n) is 1.96. The molecule has 21 heavy (non-hydrogen) atoms. The number of amides is 1. The van der Waals surface area contributed by atoms with Gasteiger partial charge >= 0.3 is 0 Å². The lowest BCUT2D eigenvalue weighted by Crippen LogP contribution is -2.24. The topological polar surface area (TPSA) is 67.2 Å². The molecule has 1 aromatic heterocycles. The summed E-state index contributed by atoms with van der Waals surface area (Å²) in [5.41, 5.74) is 2.65. The SMILES string of the molecule is Cc1c(CNC(=O)CC(O)c2ccc(Cl)cc2)cnn1C. The molecular weight excluding hydrogens is 290 g/mol. The first-order valence-electron chi connectivity index (χ1n) is 6.65. The van der Waals surface area contributed by atoms with Crippen LogP contribution in [0.3, 0.4) is 0 Å². The first kappa shape index (κ1) is 15.5. The molecule has 0 fully saturated rings. The van der Waals surface area contributed by atoms with E-state index in [4.69, 9.17) is 11.6 Å². The second kappa shape index (κ2) is 6.74. The molecule has 0 radical (unpaired) electrons. The quantitative estimate of drug-likeness (QED) is 0.889. The first-order chi connectivity index (χ1) is 9.97. The van der Waals surface area contributed by atoms with Gasteiger partial charge in [0.1, 0.15) is 0 Å². The number of aryl methyl sites for hydroxylation is 1. The number of nitrogens with zero attached hydrogens (tertiary/aromatic N) is 2. The van der Waals surface area contributed by atoms with E-state index >= 15 is 0 Å². The molecule has 1 aromatic carbocycles. The Kier molecular flexibility index (Phi) is 4.98. The maximum Gasteiger partial charge on any atom is 0.223 e. The van der Waals surface area contributed by atoms with Gasteiger partial charge in [-0.25, -0.2) is 0 Å². The van der Waals surface area contributed by atoms with E-state index in [1.807, 2.05) is 14.0 Å². The molecule has 112 valence electrons. The van der Waals surface area contributed by atoms with E-state index in [0.29, 0.717) is 17.1 Å². The molecule has 5 nitrogen and oxygen atoms in total. The molecule has 0 saturated carbocycles. The average molecular weight is 308 g/mol. The number of nitrogens with one attached hydrogen (secondary N) is 1. The zero-order valence-corrected chi connectivity index (χ0v) is 12.8. The number of aromatic nitrogens is 2. The number of benzene rings is 1. The Balaban J connectivity index is 1.87. The average Bonchev–Trinajstić information content (AvgIpc) is 2.77. The molecular formula is C15H18ClN3O2. The number of carbonyl (C=O) groups is 1. The monoisotopic (exact) mass is 307 g/mol. The molecule has 0 aliphatic rings. The smallest absolute Gasteiger partial charge is 0.223 e. The third-order valence-electron chi connectivity index (χ3n) is 3.45. The molecule has 6 heteroatoms. The summed E-state index contributed by atoms with van der Waals surface area (Å²) in [5, 5.41) is 17.5. The van der Waals surface area contributed by atoms with E-state index in [2.05, 4.69) is 10.4 Å². The van der Waals surface area contributed by atoms with Crippen LogP contribution >= 0.6 is 11.6 Å². The van der Waals surface area contributed by atoms with Crippen LogP contribution in [0.4, 0.5) is 0 Å². The number of aliphatic hydroxyl groups is 1. The predicted molar refractivity (Wildman–Crippen MR) is 80.8 cm³/mol. The van der Waals surface area contributed by atoms with Crippen molar-refractivity contribution in [2.45, 2.75) is 26.0 Å². The van der Waals surface area contributed by atoms with E-state index < -0.39 is 6.10 Å². The zero-order valence-electron chi connectivity index (χ0n) is 12.0. The van der Waals surface area contributed by atoms with Crippen LogP contribution in [0.2, 0.25) is 5.02 Å². The number of aliphatic hydroxyl groups excluding tert-OH is 1. The Morgan fingerprint density at radius 1 is 1.43 bits per heavy atom. The van der Waals surface area contributed by atoms with Crippen molar-refractivity contribution in [1.29, 1.82) is 0 Å². The Labute approximate surface area is 128 Å². The summed E-state index contributed by atoms with van der Waals surface area (Å²) in [6.07, 6.45) is 0.906. The summed E-state index contributed by atoms with van der Waals surface area (Å²) in [6.45, 7) is 2.35. The second-order valence-corrected chi connectivity index (χ2v) is 5.36. The van der Waals surface area contributed by atoms with Gasteiger partial charge < -0.3 is 10.4 Å². The van der Waals surface area contributed by atoms with Crippen LogP contribution in [0, 0.1) is 6.92 Å². The summed E-state index contributed by atoms with van der Waals surface area (Å²) in [6, 6.07) is 6.81. The summed E-state index contributed by atoms with van der Waals surface area (Å²) in [4.78, 5) is 11.9. The number of hydrogen-bond donors (Lipinski definition) is 2. The Bertz CT molecular complexity index is 622. The van der Waals surface area contributed by atoms with Gasteiger partial charge in [-0.15, -0.1) is 0 Å². The molecule has 0 aliphatic carbocycles. The number of hydrogen-bond acceptors (Lipinski definition) is 3. The van der Waals surface area contributed by atoms with Crippen molar-refractivity contribution in [3.05, 3.63) is 52.3 Å². The van der Waals surface area contributed by atoms with Gasteiger partial charge in [-0.3, -0.25) is 9.48 Å². The zero-order chi connectivity index (χ0) is 15.4. The molecule has 2 N–H and O–H groups in total. The molecule has 0 aliphatic heterocycles. The normalized spacial score (nSPS) is 12.2. The van der Waals surface area contributed by atoms with Crippen molar-refractivity contribution >= 4 is 17.5 Å². The Morgan fingerprint density at radius 2 is 2.10 bits per heavy atom. The van der Waals surface area contributed by atoms with Crippen molar-refractivity contribution < 1.29 is 9.90 Å². The van der Waals surface area contributed by atoms with E-state index in [0.717, 1.165) is 11.3 Å². The minimum absolute atomic E-state index is 0.0148. The van der Waals surface area contributed by atoms with Crippen LogP contribution in [-0.4, -0.2) is 20.8 Å². The first-order valence-corrected chi connectivity index (χ1v) is 7.03. The van der Waals surface area contributed by atoms with Crippen molar-refractivity contribution in [1.82, 2.24) is 15.1 Å². The standard InChI is InChI=1S/C15H18ClN3O2/c1-10-12(9-18-19(10)2)8-17-15(21)7-14(20)11-3-5-13(16)6-4-11/h3-6,9,14,20H,7-8H2,1-2H3,(H,17,21). The number of rotatable bonds is 5. The Morgan fingerprint density at radius 3 is 2.67 bits per heavy atom. The van der Waals surface area contributed by atoms with Gasteiger partial charge in [0.05, 0.1) is 18.7 Å². The highest BCUT2D eigenvalue weighted by molar-refractivity contribution is 6.30. The molecule has 0 saturated heterocycles. The van der Waals surface area contributed by atoms with Gasteiger partial charge in [-0.05, 0) is 24.6 Å². The van der Waals surface area contributed by atoms with Gasteiger partial charge in [0, 0.05) is 29.9 Å². The van der Waals surface area contributed by atoms with E-state index in [9.17, 15) is 9.90 Å². The summed E-state index contributed by atoms with van der Waals surface area (Å²) >= 11 is 5.79. The van der Waals surface area contributed by atoms with E-state index in [1.165, 1.54) is 0 Å². The highest BCUT2D eigenvalue weighted by atomic mass is 35.5. The van der Waals surface area contributed by atoms with Crippen LogP contribution in [0.25, 0.3) is 0 Å². The van der Waals surface area contributed by atoms with Crippen LogP contribution in [0.15, 0.2) is 30.5 Å². The molecule has 0 bridgehead atoms. The van der Waals surface area contributed by atoms with Crippen molar-refractivity contribution in [3.63, 3.8) is 0 Å². The Hall–Kier alpha value is -1.85.